The van der Waals surface area contributed by atoms with Crippen molar-refractivity contribution in [3.8, 4) is 0 Å². The molecule has 0 radical (unpaired) electrons. The predicted molar refractivity (Wildman–Crippen MR) is 92.1 cm³/mol. The summed E-state index contributed by atoms with van der Waals surface area (Å²) >= 11 is 0. The second-order valence-electron chi connectivity index (χ2n) is 5.98. The van der Waals surface area contributed by atoms with Gasteiger partial charge in [0.25, 0.3) is 11.8 Å². The minimum atomic E-state index is -0.474. The molecule has 0 spiro atoms. The van der Waals surface area contributed by atoms with Crippen LogP contribution in [0.15, 0.2) is 48.5 Å². The molecule has 2 amide bonds. The van der Waals surface area contributed by atoms with E-state index >= 15 is 0 Å². The Hall–Kier alpha value is -2.73. The summed E-state index contributed by atoms with van der Waals surface area (Å²) in [5, 5.41) is 2.69. The van der Waals surface area contributed by atoms with Gasteiger partial charge in [0.1, 0.15) is 5.82 Å². The second-order valence-corrected chi connectivity index (χ2v) is 5.98. The molecule has 2 aromatic rings. The normalized spacial score (nSPS) is 17.2. The Labute approximate surface area is 145 Å². The van der Waals surface area contributed by atoms with E-state index in [1.54, 1.807) is 29.2 Å². The summed E-state index contributed by atoms with van der Waals surface area (Å²) in [6, 6.07) is 12.2. The number of ether oxygens (including phenoxy) is 1. The van der Waals surface area contributed by atoms with E-state index in [-0.39, 0.29) is 17.6 Å². The van der Waals surface area contributed by atoms with Gasteiger partial charge in [0.05, 0.1) is 12.7 Å². The van der Waals surface area contributed by atoms with Gasteiger partial charge in [0.2, 0.25) is 0 Å². The van der Waals surface area contributed by atoms with Crippen molar-refractivity contribution in [1.29, 1.82) is 0 Å². The number of halogens is 1. The number of carbonyl (C=O) groups excluding carboxylic acids is 2. The number of benzene rings is 2. The first-order valence-corrected chi connectivity index (χ1v) is 8.11. The van der Waals surface area contributed by atoms with Gasteiger partial charge in [-0.15, -0.1) is 0 Å². The third-order valence-corrected chi connectivity index (χ3v) is 3.98. The highest BCUT2D eigenvalue weighted by atomic mass is 19.1. The highest BCUT2D eigenvalue weighted by Crippen LogP contribution is 2.16. The number of rotatable bonds is 3. The average Bonchev–Trinajstić information content (AvgIpc) is 2.61. The molecule has 1 atom stereocenters. The maximum atomic E-state index is 13.2. The van der Waals surface area contributed by atoms with Gasteiger partial charge in [0, 0.05) is 29.9 Å². The van der Waals surface area contributed by atoms with Crippen molar-refractivity contribution in [1.82, 2.24) is 4.90 Å². The lowest BCUT2D eigenvalue weighted by Gasteiger charge is -2.31. The molecule has 3 rings (SSSR count). The molecule has 1 N–H and O–H groups in total. The molecule has 1 saturated heterocycles. The van der Waals surface area contributed by atoms with Gasteiger partial charge in [-0.05, 0) is 43.3 Å². The quantitative estimate of drug-likeness (QED) is 0.933. The van der Waals surface area contributed by atoms with Crippen LogP contribution in [0.4, 0.5) is 10.1 Å². The van der Waals surface area contributed by atoms with E-state index < -0.39 is 11.7 Å². The molecule has 0 aromatic heterocycles. The van der Waals surface area contributed by atoms with Gasteiger partial charge < -0.3 is 15.0 Å². The summed E-state index contributed by atoms with van der Waals surface area (Å²) in [5.74, 6) is -1.00. The molecule has 1 aliphatic heterocycles. The van der Waals surface area contributed by atoms with Gasteiger partial charge in [0.15, 0.2) is 0 Å². The number of amides is 2. The fourth-order valence-electron chi connectivity index (χ4n) is 2.75. The van der Waals surface area contributed by atoms with E-state index in [4.69, 9.17) is 4.74 Å². The lowest BCUT2D eigenvalue weighted by molar-refractivity contribution is -0.0124. The van der Waals surface area contributed by atoms with Crippen LogP contribution in [0, 0.1) is 5.82 Å². The van der Waals surface area contributed by atoms with Crippen LogP contribution in [0.1, 0.15) is 27.6 Å². The van der Waals surface area contributed by atoms with Gasteiger partial charge >= 0.3 is 0 Å². The third kappa shape index (κ3) is 4.22. The van der Waals surface area contributed by atoms with Crippen molar-refractivity contribution < 1.29 is 18.7 Å². The van der Waals surface area contributed by atoms with Crippen LogP contribution < -0.4 is 5.32 Å². The average molecular weight is 342 g/mol. The fourth-order valence-corrected chi connectivity index (χ4v) is 2.75. The van der Waals surface area contributed by atoms with E-state index in [9.17, 15) is 14.0 Å². The number of anilines is 1. The molecule has 1 heterocycles. The zero-order valence-corrected chi connectivity index (χ0v) is 13.9. The van der Waals surface area contributed by atoms with E-state index in [1.165, 1.54) is 24.3 Å². The molecule has 0 saturated carbocycles. The summed E-state index contributed by atoms with van der Waals surface area (Å²) < 4.78 is 18.7. The first kappa shape index (κ1) is 17.1. The largest absolute Gasteiger partial charge is 0.375 e. The molecule has 1 aliphatic rings. The molecular formula is C19H19FN2O3. The predicted octanol–water partition coefficient (Wildman–Crippen LogP) is 2.94. The van der Waals surface area contributed by atoms with Crippen molar-refractivity contribution in [3.05, 3.63) is 65.5 Å². The molecular weight excluding hydrogens is 323 g/mol. The van der Waals surface area contributed by atoms with Crippen LogP contribution in [0.25, 0.3) is 0 Å². The molecule has 130 valence electrons. The standard InChI is InChI=1S/C19H19FN2O3/c1-13-12-22(8-9-25-13)19(24)15-5-3-7-17(11-15)21-18(23)14-4-2-6-16(20)10-14/h2-7,10-11,13H,8-9,12H2,1H3,(H,21,23). The number of morpholine rings is 1. The number of nitrogens with one attached hydrogen (secondary N) is 1. The summed E-state index contributed by atoms with van der Waals surface area (Å²) in [6.45, 7) is 3.53. The molecule has 2 aromatic carbocycles. The van der Waals surface area contributed by atoms with Crippen molar-refractivity contribution in [2.45, 2.75) is 13.0 Å². The SMILES string of the molecule is CC1CN(C(=O)c2cccc(NC(=O)c3cccc(F)c3)c2)CCO1. The van der Waals surface area contributed by atoms with Gasteiger partial charge in [-0.25, -0.2) is 4.39 Å². The molecule has 0 bridgehead atoms. The summed E-state index contributed by atoms with van der Waals surface area (Å²) in [6.07, 6.45) is 0.00793. The third-order valence-electron chi connectivity index (χ3n) is 3.98. The van der Waals surface area contributed by atoms with E-state index in [0.717, 1.165) is 0 Å². The number of nitrogens with zero attached hydrogens (tertiary/aromatic N) is 1. The Kier molecular flexibility index (Phi) is 5.09. The maximum Gasteiger partial charge on any atom is 0.255 e. The first-order chi connectivity index (χ1) is 12.0. The van der Waals surface area contributed by atoms with Gasteiger partial charge in [-0.1, -0.05) is 12.1 Å². The minimum Gasteiger partial charge on any atom is -0.375 e. The minimum absolute atomic E-state index is 0.00793. The molecule has 1 unspecified atom stereocenters. The van der Waals surface area contributed by atoms with E-state index in [1.807, 2.05) is 6.92 Å². The van der Waals surface area contributed by atoms with Crippen LogP contribution >= 0.6 is 0 Å². The zero-order valence-electron chi connectivity index (χ0n) is 13.9. The molecule has 0 aliphatic carbocycles. The Bertz CT molecular complexity index is 794. The Morgan fingerprint density at radius 1 is 1.16 bits per heavy atom. The van der Waals surface area contributed by atoms with Gasteiger partial charge in [-0.2, -0.15) is 0 Å². The fraction of sp³-hybridized carbons (Fsp3) is 0.263. The maximum absolute atomic E-state index is 13.2. The van der Waals surface area contributed by atoms with Gasteiger partial charge in [-0.3, -0.25) is 9.59 Å². The van der Waals surface area contributed by atoms with Crippen LogP contribution in [0.5, 0.6) is 0 Å². The lowest BCUT2D eigenvalue weighted by Crippen LogP contribution is -2.44. The van der Waals surface area contributed by atoms with E-state index in [2.05, 4.69) is 5.32 Å². The highest BCUT2D eigenvalue weighted by molar-refractivity contribution is 6.05. The van der Waals surface area contributed by atoms with Crippen molar-refractivity contribution in [2.24, 2.45) is 0 Å². The Balaban J connectivity index is 1.73. The zero-order chi connectivity index (χ0) is 17.8. The molecule has 25 heavy (non-hydrogen) atoms. The van der Waals surface area contributed by atoms with Crippen LogP contribution in [0.2, 0.25) is 0 Å². The van der Waals surface area contributed by atoms with Crippen molar-refractivity contribution >= 4 is 17.5 Å². The summed E-state index contributed by atoms with van der Waals surface area (Å²) in [7, 11) is 0. The molecule has 6 heteroatoms. The Morgan fingerprint density at radius 2 is 1.92 bits per heavy atom. The van der Waals surface area contributed by atoms with Crippen molar-refractivity contribution in [3.63, 3.8) is 0 Å². The molecule has 1 fully saturated rings. The molecule has 5 nitrogen and oxygen atoms in total. The van der Waals surface area contributed by atoms with Crippen LogP contribution in [-0.2, 0) is 4.74 Å². The summed E-state index contributed by atoms with van der Waals surface area (Å²) in [5.41, 5.74) is 1.20. The topological polar surface area (TPSA) is 58.6 Å². The first-order valence-electron chi connectivity index (χ1n) is 8.11. The highest BCUT2D eigenvalue weighted by Gasteiger charge is 2.22. The number of carbonyl (C=O) groups is 2. The van der Waals surface area contributed by atoms with Crippen molar-refractivity contribution in [2.75, 3.05) is 25.0 Å². The second kappa shape index (κ2) is 7.44. The van der Waals surface area contributed by atoms with Crippen LogP contribution in [0.3, 0.4) is 0 Å². The summed E-state index contributed by atoms with van der Waals surface area (Å²) in [4.78, 5) is 26.5. The number of hydrogen-bond acceptors (Lipinski definition) is 3. The number of hydrogen-bond donors (Lipinski definition) is 1. The lowest BCUT2D eigenvalue weighted by atomic mass is 10.1. The smallest absolute Gasteiger partial charge is 0.255 e. The monoisotopic (exact) mass is 342 g/mol. The van der Waals surface area contributed by atoms with Crippen LogP contribution in [-0.4, -0.2) is 42.5 Å². The Morgan fingerprint density at radius 3 is 2.68 bits per heavy atom. The van der Waals surface area contributed by atoms with E-state index in [0.29, 0.717) is 30.9 Å².